The van der Waals surface area contributed by atoms with Gasteiger partial charge in [-0.15, -0.1) is 0 Å². The summed E-state index contributed by atoms with van der Waals surface area (Å²) in [7, 11) is -4.69. The largest absolute Gasteiger partial charge is 0.485 e. The van der Waals surface area contributed by atoms with E-state index in [2.05, 4.69) is 49.2 Å². The van der Waals surface area contributed by atoms with E-state index in [1.165, 1.54) is 30.2 Å². The average molecular weight is 935 g/mol. The highest BCUT2D eigenvalue weighted by Gasteiger charge is 2.47. The third-order valence-corrected chi connectivity index (χ3v) is 16.0. The van der Waals surface area contributed by atoms with E-state index >= 15 is 0 Å². The smallest absolute Gasteiger partial charge is 0.316 e. The van der Waals surface area contributed by atoms with Gasteiger partial charge in [-0.3, -0.25) is 14.9 Å². The highest BCUT2D eigenvalue weighted by molar-refractivity contribution is 7.90. The lowest BCUT2D eigenvalue weighted by Gasteiger charge is -2.53. The number of rotatable bonds is 15. The summed E-state index contributed by atoms with van der Waals surface area (Å²) in [6.45, 7) is 6.78. The molecule has 2 aromatic heterocycles. The minimum absolute atomic E-state index is 0.00567. The summed E-state index contributed by atoms with van der Waals surface area (Å²) in [5.74, 6) is -0.166. The number of hydrogen-bond acceptors (Lipinski definition) is 13. The fourth-order valence-corrected chi connectivity index (χ4v) is 11.7. The van der Waals surface area contributed by atoms with Crippen LogP contribution in [0.2, 0.25) is 0 Å². The lowest BCUT2D eigenvalue weighted by Crippen LogP contribution is -2.54. The van der Waals surface area contributed by atoms with Crippen molar-refractivity contribution in [1.82, 2.24) is 20.0 Å². The number of sulfonamides is 1. The van der Waals surface area contributed by atoms with Crippen LogP contribution in [0.4, 0.5) is 11.4 Å². The predicted octanol–water partition coefficient (Wildman–Crippen LogP) is 8.46. The number of aliphatic hydroxyl groups is 1. The molecular weight excluding hydrogens is 877 g/mol. The molecule has 354 valence electrons. The van der Waals surface area contributed by atoms with Crippen LogP contribution < -0.4 is 29.1 Å². The normalized spacial score (nSPS) is 23.1. The molecule has 2 atom stereocenters. The minimum Gasteiger partial charge on any atom is -0.485 e. The predicted molar refractivity (Wildman–Crippen MR) is 251 cm³/mol. The van der Waals surface area contributed by atoms with Crippen LogP contribution in [-0.2, 0) is 14.8 Å². The molecule has 4 fully saturated rings. The van der Waals surface area contributed by atoms with E-state index in [4.69, 9.17) is 18.9 Å². The second-order valence-electron chi connectivity index (χ2n) is 19.5. The minimum atomic E-state index is -4.69. The summed E-state index contributed by atoms with van der Waals surface area (Å²) in [6.07, 6.45) is 11.9. The molecule has 0 radical (unpaired) electrons. The maximum Gasteiger partial charge on any atom is 0.316 e. The highest BCUT2D eigenvalue weighted by Crippen LogP contribution is 2.51. The fraction of sp³-hybridized carbons (Fsp3) is 0.480. The Labute approximate surface area is 389 Å². The van der Waals surface area contributed by atoms with Gasteiger partial charge < -0.3 is 39.3 Å². The Morgan fingerprint density at radius 2 is 1.82 bits per heavy atom. The van der Waals surface area contributed by atoms with E-state index < -0.39 is 43.1 Å². The van der Waals surface area contributed by atoms with Gasteiger partial charge >= 0.3 is 5.69 Å². The Balaban J connectivity index is 0.844. The highest BCUT2D eigenvalue weighted by atomic mass is 32.2. The molecule has 0 unspecified atom stereocenters. The number of nitro groups is 1. The maximum atomic E-state index is 14.1. The van der Waals surface area contributed by atoms with Crippen LogP contribution >= 0.6 is 0 Å². The molecular formula is C50H58N6O10S. The monoisotopic (exact) mass is 934 g/mol. The Hall–Kier alpha value is -5.75. The fourth-order valence-electron chi connectivity index (χ4n) is 10.7. The Morgan fingerprint density at radius 3 is 2.57 bits per heavy atom. The Morgan fingerprint density at radius 1 is 1.04 bits per heavy atom. The molecule has 10 rings (SSSR count). The topological polar surface area (TPSA) is 207 Å². The van der Waals surface area contributed by atoms with Crippen molar-refractivity contribution in [3.63, 3.8) is 0 Å². The molecule has 16 nitrogen and oxygen atoms in total. The van der Waals surface area contributed by atoms with Crippen LogP contribution in [0.5, 0.6) is 23.0 Å². The number of ether oxygens (including phenoxy) is 4. The van der Waals surface area contributed by atoms with Gasteiger partial charge in [0.25, 0.3) is 15.9 Å². The number of H-pyrrole nitrogens is 1. The third-order valence-electron chi connectivity index (χ3n) is 14.7. The van der Waals surface area contributed by atoms with Crippen molar-refractivity contribution in [2.45, 2.75) is 113 Å². The number of nitrogens with zero attached hydrogens (tertiary/aromatic N) is 3. The number of carbonyl (C=O) groups is 1. The molecule has 67 heavy (non-hydrogen) atoms. The second-order valence-corrected chi connectivity index (χ2v) is 21.2. The quantitative estimate of drug-likeness (QED) is 0.0575. The molecule has 1 amide bonds. The first kappa shape index (κ1) is 45.1. The number of aromatic nitrogens is 2. The van der Waals surface area contributed by atoms with Gasteiger partial charge in [0.05, 0.1) is 39.8 Å². The molecule has 1 saturated heterocycles. The summed E-state index contributed by atoms with van der Waals surface area (Å²) < 4.78 is 54.4. The Bertz CT molecular complexity index is 2770. The van der Waals surface area contributed by atoms with Crippen LogP contribution in [0.15, 0.2) is 84.0 Å². The van der Waals surface area contributed by atoms with E-state index in [1.54, 1.807) is 37.4 Å². The summed E-state index contributed by atoms with van der Waals surface area (Å²) in [5.41, 5.74) is 3.08. The number of hydrogen-bond donors (Lipinski definition) is 4. The van der Waals surface area contributed by atoms with E-state index in [0.29, 0.717) is 62.3 Å². The molecule has 5 aliphatic rings. The number of nitrogens with one attached hydrogen (secondary N) is 3. The Kier molecular flexibility index (Phi) is 12.1. The van der Waals surface area contributed by atoms with Crippen molar-refractivity contribution in [2.24, 2.45) is 11.3 Å². The zero-order valence-electron chi connectivity index (χ0n) is 37.9. The van der Waals surface area contributed by atoms with Gasteiger partial charge in [0.1, 0.15) is 29.9 Å². The first-order chi connectivity index (χ1) is 32.2. The van der Waals surface area contributed by atoms with Gasteiger partial charge in [0.15, 0.2) is 5.75 Å². The van der Waals surface area contributed by atoms with Crippen LogP contribution in [0, 0.1) is 21.4 Å². The van der Waals surface area contributed by atoms with Gasteiger partial charge in [-0.05, 0) is 131 Å². The molecule has 2 aliphatic heterocycles. The maximum absolute atomic E-state index is 14.1. The number of carbonyl (C=O) groups excluding carboxylic acids is 1. The number of fused-ring (bicyclic) bond motifs is 2. The number of amides is 1. The van der Waals surface area contributed by atoms with Crippen molar-refractivity contribution in [3.8, 4) is 23.0 Å². The van der Waals surface area contributed by atoms with Crippen molar-refractivity contribution >= 4 is 38.3 Å². The summed E-state index contributed by atoms with van der Waals surface area (Å²) in [6, 6.07) is 20.1. The van der Waals surface area contributed by atoms with E-state index in [-0.39, 0.29) is 46.8 Å². The first-order valence-corrected chi connectivity index (χ1v) is 25.1. The molecule has 1 spiro atoms. The third kappa shape index (κ3) is 9.56. The zero-order chi connectivity index (χ0) is 46.5. The molecule has 17 heteroatoms. The van der Waals surface area contributed by atoms with Gasteiger partial charge in [0, 0.05) is 61.2 Å². The molecule has 4 N–H and O–H groups in total. The number of aromatic amines is 1. The van der Waals surface area contributed by atoms with Crippen molar-refractivity contribution < 1.29 is 42.2 Å². The molecule has 3 saturated carbocycles. The summed E-state index contributed by atoms with van der Waals surface area (Å²) in [4.78, 5) is 34.9. The van der Waals surface area contributed by atoms with Gasteiger partial charge in [-0.1, -0.05) is 24.3 Å². The second kappa shape index (κ2) is 18.1. The number of pyridine rings is 1. The standard InChI is InChI=1S/C50H58N6O10S/c1-3-63-29-41(39-7-5-4-6-38(39)31-8-9-31)53-34-26-50(27-34)17-20-55(21-18-50)35-10-11-40(43(23-35)65-36-22-33-14-19-51-47(33)52-28-36)48(57)54-67(61,62)37-24-42(56(59)60)46-44(25-37)64-30-45(66-46)32-12-15-49(2,58)16-13-32/h4-7,10-11,14,19,22-25,28,31-32,34,41,45,53,58H,3,8-9,12-13,15-18,20-21,26-27,29-30H2,1-2H3,(H,51,52)(H,54,57)/t32-,41-,45+,49-/m1/s1. The molecule has 4 heterocycles. The number of benzene rings is 3. The average Bonchev–Trinajstić information content (AvgIpc) is 4.05. The summed E-state index contributed by atoms with van der Waals surface area (Å²) in [5, 5.41) is 27.5. The molecule has 3 aromatic carbocycles. The van der Waals surface area contributed by atoms with E-state index in [0.717, 1.165) is 62.0 Å². The number of nitro benzene ring substituents is 1. The van der Waals surface area contributed by atoms with E-state index in [9.17, 15) is 28.4 Å². The lowest BCUT2D eigenvalue weighted by molar-refractivity contribution is -0.386. The number of piperidine rings is 1. The van der Waals surface area contributed by atoms with Crippen LogP contribution in [-0.4, -0.2) is 85.0 Å². The zero-order valence-corrected chi connectivity index (χ0v) is 38.7. The van der Waals surface area contributed by atoms with Crippen LogP contribution in [0.3, 0.4) is 0 Å². The van der Waals surface area contributed by atoms with Crippen LogP contribution in [0.1, 0.15) is 112 Å². The van der Waals surface area contributed by atoms with Gasteiger partial charge in [-0.25, -0.2) is 18.1 Å². The van der Waals surface area contributed by atoms with Gasteiger partial charge in [-0.2, -0.15) is 0 Å². The van der Waals surface area contributed by atoms with Crippen LogP contribution in [0.25, 0.3) is 11.0 Å². The molecule has 5 aromatic rings. The van der Waals surface area contributed by atoms with Gasteiger partial charge in [0.2, 0.25) is 5.75 Å². The lowest BCUT2D eigenvalue weighted by atomic mass is 9.60. The number of anilines is 1. The van der Waals surface area contributed by atoms with Crippen molar-refractivity contribution in [2.75, 3.05) is 37.8 Å². The SMILES string of the molecule is CCOC[C@@H](NC1CC2(CCN(c3ccc(C(=O)NS(=O)(=O)c4cc5c(c([N+](=O)[O-])c4)O[C@H]([C@H]4CC[C@](C)(O)CC4)CO5)c(Oc4cnc5[nH]ccc5c4)c3)CC2)C1)c1ccccc1C1CC1. The van der Waals surface area contributed by atoms with E-state index in [1.807, 2.05) is 13.0 Å². The summed E-state index contributed by atoms with van der Waals surface area (Å²) >= 11 is 0. The molecule has 0 bridgehead atoms. The van der Waals surface area contributed by atoms with Crippen molar-refractivity contribution in [3.05, 3.63) is 106 Å². The van der Waals surface area contributed by atoms with Crippen molar-refractivity contribution in [1.29, 1.82) is 0 Å². The molecule has 3 aliphatic carbocycles. The first-order valence-electron chi connectivity index (χ1n) is 23.6.